The Morgan fingerprint density at radius 3 is 2.59 bits per heavy atom. The van der Waals surface area contributed by atoms with Crippen LogP contribution in [0.1, 0.15) is 30.4 Å². The molecule has 1 amide bonds. The maximum Gasteiger partial charge on any atom is 0.266 e. The number of carbonyl (C=O) groups excluding carboxylic acids is 1. The largest absolute Gasteiger partial charge is 0.356 e. The molecule has 2 aliphatic heterocycles. The monoisotopic (exact) mass is 463 g/mol. The molecule has 0 N–H and O–H groups in total. The van der Waals surface area contributed by atoms with E-state index in [-0.39, 0.29) is 11.7 Å². The predicted molar refractivity (Wildman–Crippen MR) is 133 cm³/mol. The normalized spacial score (nSPS) is 18.2. The predicted octanol–water partition coefficient (Wildman–Crippen LogP) is 5.77. The van der Waals surface area contributed by atoms with Crippen LogP contribution >= 0.6 is 24.0 Å². The highest BCUT2D eigenvalue weighted by atomic mass is 32.2. The van der Waals surface area contributed by atoms with E-state index < -0.39 is 0 Å². The van der Waals surface area contributed by atoms with Gasteiger partial charge in [0.05, 0.1) is 17.0 Å². The molecule has 2 aliphatic rings. The summed E-state index contributed by atoms with van der Waals surface area (Å²) in [6.45, 7) is 2.27. The van der Waals surface area contributed by atoms with E-state index in [0.29, 0.717) is 15.8 Å². The minimum Gasteiger partial charge on any atom is -0.356 e. The van der Waals surface area contributed by atoms with Crippen LogP contribution in [-0.4, -0.2) is 33.2 Å². The van der Waals surface area contributed by atoms with Crippen molar-refractivity contribution >= 4 is 57.0 Å². The van der Waals surface area contributed by atoms with E-state index in [2.05, 4.69) is 11.0 Å². The Balaban J connectivity index is 1.49. The lowest BCUT2D eigenvalue weighted by molar-refractivity contribution is -0.122. The van der Waals surface area contributed by atoms with Crippen LogP contribution in [0.15, 0.2) is 59.5 Å². The second-order valence-corrected chi connectivity index (χ2v) is 9.71. The third-order valence-electron chi connectivity index (χ3n) is 5.80. The van der Waals surface area contributed by atoms with Gasteiger partial charge >= 0.3 is 0 Å². The molecule has 5 rings (SSSR count). The highest BCUT2D eigenvalue weighted by Gasteiger charge is 2.32. The lowest BCUT2D eigenvalue weighted by Crippen LogP contribution is -2.30. The fourth-order valence-electron chi connectivity index (χ4n) is 4.14. The fraction of sp³-hybridized carbons (Fsp3) is 0.240. The molecule has 0 unspecified atom stereocenters. The fourth-order valence-corrected chi connectivity index (χ4v) is 5.38. The van der Waals surface area contributed by atoms with Gasteiger partial charge in [-0.3, -0.25) is 9.69 Å². The number of thioether (sulfide) groups is 1. The molecule has 0 radical (unpaired) electrons. The SMILES string of the molecule is O=C1/C(=C/c2cc3ccccc3nc2N2CCCCC2)SC(=S)N1Cc1ccc(F)cc1. The van der Waals surface area contributed by atoms with E-state index in [1.807, 2.05) is 30.3 Å². The minimum absolute atomic E-state index is 0.123. The van der Waals surface area contributed by atoms with Gasteiger partial charge in [-0.15, -0.1) is 0 Å². The van der Waals surface area contributed by atoms with Crippen molar-refractivity contribution in [3.63, 3.8) is 0 Å². The molecule has 162 valence electrons. The first-order valence-electron chi connectivity index (χ1n) is 10.7. The van der Waals surface area contributed by atoms with Gasteiger partial charge in [0.25, 0.3) is 5.91 Å². The Bertz CT molecular complexity index is 1220. The molecule has 1 aromatic heterocycles. The molecule has 3 aromatic rings. The van der Waals surface area contributed by atoms with Gasteiger partial charge in [0, 0.05) is 24.0 Å². The van der Waals surface area contributed by atoms with Crippen LogP contribution in [0.3, 0.4) is 0 Å². The van der Waals surface area contributed by atoms with Crippen molar-refractivity contribution in [1.29, 1.82) is 0 Å². The number of halogens is 1. The first-order chi connectivity index (χ1) is 15.6. The van der Waals surface area contributed by atoms with Crippen molar-refractivity contribution in [1.82, 2.24) is 9.88 Å². The maximum atomic E-state index is 13.2. The minimum atomic E-state index is -0.298. The zero-order valence-electron chi connectivity index (χ0n) is 17.5. The van der Waals surface area contributed by atoms with Crippen LogP contribution in [-0.2, 0) is 11.3 Å². The molecule has 0 atom stereocenters. The number of pyridine rings is 1. The number of aromatic nitrogens is 1. The summed E-state index contributed by atoms with van der Waals surface area (Å²) in [6.07, 6.45) is 5.45. The van der Waals surface area contributed by atoms with Gasteiger partial charge < -0.3 is 4.90 Å². The van der Waals surface area contributed by atoms with Crippen molar-refractivity contribution in [3.05, 3.63) is 76.4 Å². The highest BCUT2D eigenvalue weighted by Crippen LogP contribution is 2.36. The third-order valence-corrected chi connectivity index (χ3v) is 7.18. The lowest BCUT2D eigenvalue weighted by atomic mass is 10.1. The van der Waals surface area contributed by atoms with E-state index in [1.54, 1.807) is 17.0 Å². The van der Waals surface area contributed by atoms with Gasteiger partial charge in [-0.1, -0.05) is 54.3 Å². The number of amides is 1. The van der Waals surface area contributed by atoms with Crippen molar-refractivity contribution < 1.29 is 9.18 Å². The Hall–Kier alpha value is -2.77. The second kappa shape index (κ2) is 9.00. The maximum absolute atomic E-state index is 13.2. The molecule has 0 saturated carbocycles. The molecule has 4 nitrogen and oxygen atoms in total. The van der Waals surface area contributed by atoms with E-state index >= 15 is 0 Å². The molecule has 3 heterocycles. The number of anilines is 1. The van der Waals surface area contributed by atoms with Gasteiger partial charge in [0.2, 0.25) is 0 Å². The number of hydrogen-bond acceptors (Lipinski definition) is 5. The Morgan fingerprint density at radius 1 is 1.06 bits per heavy atom. The number of thiocarbonyl (C=S) groups is 1. The smallest absolute Gasteiger partial charge is 0.266 e. The summed E-state index contributed by atoms with van der Waals surface area (Å²) in [5, 5.41) is 1.04. The standard InChI is InChI=1S/C25H22FN3OS2/c26-20-10-8-17(9-11-20)16-29-24(30)22(32-25(29)31)15-19-14-18-6-2-3-7-21(18)27-23(19)28-12-4-1-5-13-28/h2-3,6-11,14-15H,1,4-5,12-13,16H2/b22-15-. The van der Waals surface area contributed by atoms with E-state index in [9.17, 15) is 9.18 Å². The van der Waals surface area contributed by atoms with Crippen molar-refractivity contribution in [2.75, 3.05) is 18.0 Å². The lowest BCUT2D eigenvalue weighted by Gasteiger charge is -2.29. The molecule has 0 spiro atoms. The summed E-state index contributed by atoms with van der Waals surface area (Å²) in [5.41, 5.74) is 2.73. The number of benzene rings is 2. The average Bonchev–Trinajstić information content (AvgIpc) is 3.08. The first kappa shape index (κ1) is 21.1. The number of para-hydroxylation sites is 1. The van der Waals surface area contributed by atoms with Crippen molar-refractivity contribution in [2.45, 2.75) is 25.8 Å². The summed E-state index contributed by atoms with van der Waals surface area (Å²) >= 11 is 6.81. The number of piperidine rings is 1. The van der Waals surface area contributed by atoms with E-state index in [4.69, 9.17) is 17.2 Å². The number of fused-ring (bicyclic) bond motifs is 1. The van der Waals surface area contributed by atoms with Gasteiger partial charge in [0.1, 0.15) is 16.0 Å². The summed E-state index contributed by atoms with van der Waals surface area (Å²) in [6, 6.07) is 16.3. The van der Waals surface area contributed by atoms with Crippen LogP contribution in [0.25, 0.3) is 17.0 Å². The van der Waals surface area contributed by atoms with Crippen LogP contribution in [0.4, 0.5) is 10.2 Å². The van der Waals surface area contributed by atoms with Gasteiger partial charge in [-0.05, 0) is 55.2 Å². The zero-order chi connectivity index (χ0) is 22.1. The molecule has 2 fully saturated rings. The molecular formula is C25H22FN3OS2. The van der Waals surface area contributed by atoms with Crippen LogP contribution in [0.2, 0.25) is 0 Å². The van der Waals surface area contributed by atoms with E-state index in [1.165, 1.54) is 30.3 Å². The number of hydrogen-bond donors (Lipinski definition) is 0. The molecule has 2 aromatic carbocycles. The van der Waals surface area contributed by atoms with Crippen LogP contribution < -0.4 is 4.90 Å². The van der Waals surface area contributed by atoms with Crippen LogP contribution in [0.5, 0.6) is 0 Å². The summed E-state index contributed by atoms with van der Waals surface area (Å²) in [7, 11) is 0. The molecule has 0 aliphatic carbocycles. The topological polar surface area (TPSA) is 36.4 Å². The van der Waals surface area contributed by atoms with E-state index in [0.717, 1.165) is 53.8 Å². The molecular weight excluding hydrogens is 441 g/mol. The third kappa shape index (κ3) is 4.27. The van der Waals surface area contributed by atoms with Gasteiger partial charge in [0.15, 0.2) is 0 Å². The molecule has 2 saturated heterocycles. The van der Waals surface area contributed by atoms with Crippen molar-refractivity contribution in [3.8, 4) is 0 Å². The summed E-state index contributed by atoms with van der Waals surface area (Å²) < 4.78 is 13.7. The zero-order valence-corrected chi connectivity index (χ0v) is 19.1. The Morgan fingerprint density at radius 2 is 1.81 bits per heavy atom. The number of rotatable bonds is 4. The number of carbonyl (C=O) groups is 1. The highest BCUT2D eigenvalue weighted by molar-refractivity contribution is 8.26. The molecule has 0 bridgehead atoms. The van der Waals surface area contributed by atoms with Gasteiger partial charge in [-0.25, -0.2) is 9.37 Å². The molecule has 32 heavy (non-hydrogen) atoms. The Kier molecular flexibility index (Phi) is 5.93. The number of nitrogens with zero attached hydrogens (tertiary/aromatic N) is 3. The first-order valence-corrected chi connectivity index (χ1v) is 12.0. The van der Waals surface area contributed by atoms with Gasteiger partial charge in [-0.2, -0.15) is 0 Å². The van der Waals surface area contributed by atoms with Crippen LogP contribution in [0, 0.1) is 5.82 Å². The molecule has 7 heteroatoms. The average molecular weight is 464 g/mol. The Labute approximate surface area is 196 Å². The quantitative estimate of drug-likeness (QED) is 0.363. The summed E-state index contributed by atoms with van der Waals surface area (Å²) in [4.78, 5) is 22.6. The summed E-state index contributed by atoms with van der Waals surface area (Å²) in [5.74, 6) is 0.502. The second-order valence-electron chi connectivity index (χ2n) is 8.04. The van der Waals surface area contributed by atoms with Crippen molar-refractivity contribution in [2.24, 2.45) is 0 Å².